The number of ether oxygens (including phenoxy) is 1. The van der Waals surface area contributed by atoms with Crippen LogP contribution in [0.4, 0.5) is 5.69 Å². The predicted molar refractivity (Wildman–Crippen MR) is 101 cm³/mol. The van der Waals surface area contributed by atoms with Crippen molar-refractivity contribution in [3.05, 3.63) is 36.9 Å². The van der Waals surface area contributed by atoms with Crippen LogP contribution in [0.1, 0.15) is 6.92 Å². The average Bonchev–Trinajstić information content (AvgIpc) is 2.46. The van der Waals surface area contributed by atoms with Crippen molar-refractivity contribution in [2.45, 2.75) is 6.92 Å². The summed E-state index contributed by atoms with van der Waals surface area (Å²) in [5.41, 5.74) is 0.719. The van der Waals surface area contributed by atoms with Gasteiger partial charge in [-0.15, -0.1) is 30.6 Å². The van der Waals surface area contributed by atoms with E-state index < -0.39 is 0 Å². The topological polar surface area (TPSA) is 74.8 Å². The van der Waals surface area contributed by atoms with Crippen molar-refractivity contribution in [2.75, 3.05) is 32.1 Å². The number of halogens is 1. The number of hydrogen-bond acceptors (Lipinski definition) is 3. The molecule has 0 saturated heterocycles. The molecule has 1 aromatic carbocycles. The molecule has 122 valence electrons. The highest BCUT2D eigenvalue weighted by atomic mass is 127. The summed E-state index contributed by atoms with van der Waals surface area (Å²) in [7, 11) is 1.70. The number of guanidine groups is 1. The summed E-state index contributed by atoms with van der Waals surface area (Å²) in [5.74, 6) is 1.30. The monoisotopic (exact) mass is 418 g/mol. The lowest BCUT2D eigenvalue weighted by Crippen LogP contribution is -2.39. The fraction of sp³-hybridized carbons (Fsp3) is 0.333. The minimum absolute atomic E-state index is 0. The van der Waals surface area contributed by atoms with E-state index in [4.69, 9.17) is 4.74 Å². The molecule has 7 heteroatoms. The van der Waals surface area contributed by atoms with Gasteiger partial charge in [-0.25, -0.2) is 0 Å². The molecular weight excluding hydrogens is 395 g/mol. The van der Waals surface area contributed by atoms with E-state index in [-0.39, 0.29) is 29.9 Å². The van der Waals surface area contributed by atoms with Gasteiger partial charge >= 0.3 is 0 Å². The Morgan fingerprint density at radius 1 is 1.41 bits per heavy atom. The third-order valence-corrected chi connectivity index (χ3v) is 2.46. The summed E-state index contributed by atoms with van der Waals surface area (Å²) >= 11 is 0. The Morgan fingerprint density at radius 2 is 2.18 bits per heavy atom. The van der Waals surface area contributed by atoms with E-state index in [1.54, 1.807) is 19.2 Å². The molecule has 0 saturated carbocycles. The molecule has 1 aromatic rings. The van der Waals surface area contributed by atoms with Crippen molar-refractivity contribution in [3.8, 4) is 5.75 Å². The molecule has 0 aromatic heterocycles. The second-order valence-electron chi connectivity index (χ2n) is 4.23. The highest BCUT2D eigenvalue weighted by Crippen LogP contribution is 2.16. The first-order chi connectivity index (χ1) is 10.2. The van der Waals surface area contributed by atoms with Gasteiger partial charge < -0.3 is 20.7 Å². The number of nitrogens with zero attached hydrogens (tertiary/aromatic N) is 1. The quantitative estimate of drug-likeness (QED) is 0.208. The van der Waals surface area contributed by atoms with Crippen LogP contribution < -0.4 is 20.7 Å². The van der Waals surface area contributed by atoms with Gasteiger partial charge in [0.05, 0.1) is 6.54 Å². The van der Waals surface area contributed by atoms with Crippen molar-refractivity contribution in [2.24, 2.45) is 4.99 Å². The molecule has 0 unspecified atom stereocenters. The number of hydrogen-bond donors (Lipinski definition) is 3. The fourth-order valence-corrected chi connectivity index (χ4v) is 1.59. The van der Waals surface area contributed by atoms with Gasteiger partial charge in [0.1, 0.15) is 12.4 Å². The van der Waals surface area contributed by atoms with Gasteiger partial charge in [-0.2, -0.15) is 0 Å². The Labute approximate surface area is 148 Å². The standard InChI is InChI=1S/C15H22N4O2.HI/c1-4-8-17-15(16-3)18-9-10-21-14-7-5-6-13(11-14)19-12(2)20;/h4-7,11H,1,8-10H2,2-3H3,(H,19,20)(H2,16,17,18);1H. The van der Waals surface area contributed by atoms with E-state index in [1.807, 2.05) is 18.2 Å². The van der Waals surface area contributed by atoms with Crippen LogP contribution in [0.15, 0.2) is 41.9 Å². The number of carbonyl (C=O) groups excluding carboxylic acids is 1. The van der Waals surface area contributed by atoms with Crippen LogP contribution in [0.5, 0.6) is 5.75 Å². The molecule has 1 rings (SSSR count). The van der Waals surface area contributed by atoms with Crippen LogP contribution in [0.25, 0.3) is 0 Å². The Bertz CT molecular complexity index is 506. The SMILES string of the molecule is C=CCNC(=NC)NCCOc1cccc(NC(C)=O)c1.I. The summed E-state index contributed by atoms with van der Waals surface area (Å²) in [4.78, 5) is 15.1. The highest BCUT2D eigenvalue weighted by Gasteiger charge is 1.99. The third kappa shape index (κ3) is 8.50. The van der Waals surface area contributed by atoms with Gasteiger partial charge in [0.2, 0.25) is 5.91 Å². The van der Waals surface area contributed by atoms with E-state index >= 15 is 0 Å². The number of anilines is 1. The van der Waals surface area contributed by atoms with E-state index in [0.717, 1.165) is 5.69 Å². The van der Waals surface area contributed by atoms with Crippen molar-refractivity contribution < 1.29 is 9.53 Å². The predicted octanol–water partition coefficient (Wildman–Crippen LogP) is 1.99. The summed E-state index contributed by atoms with van der Waals surface area (Å²) in [5, 5.41) is 8.90. The molecule has 0 radical (unpaired) electrons. The summed E-state index contributed by atoms with van der Waals surface area (Å²) in [6, 6.07) is 7.27. The Hall–Kier alpha value is -1.77. The van der Waals surface area contributed by atoms with E-state index in [0.29, 0.717) is 31.4 Å². The number of rotatable bonds is 7. The van der Waals surface area contributed by atoms with Gasteiger partial charge in [-0.1, -0.05) is 12.1 Å². The molecule has 6 nitrogen and oxygen atoms in total. The first-order valence-corrected chi connectivity index (χ1v) is 6.71. The summed E-state index contributed by atoms with van der Waals surface area (Å²) in [6.45, 7) is 6.85. The second-order valence-corrected chi connectivity index (χ2v) is 4.23. The van der Waals surface area contributed by atoms with Crippen molar-refractivity contribution in [1.82, 2.24) is 10.6 Å². The van der Waals surface area contributed by atoms with E-state index in [2.05, 4.69) is 27.5 Å². The Morgan fingerprint density at radius 3 is 2.82 bits per heavy atom. The normalized spacial score (nSPS) is 10.2. The number of carbonyl (C=O) groups is 1. The summed E-state index contributed by atoms with van der Waals surface area (Å²) < 4.78 is 5.61. The molecule has 0 aliphatic carbocycles. The maximum atomic E-state index is 11.0. The molecular formula is C15H23IN4O2. The molecule has 0 spiro atoms. The minimum atomic E-state index is -0.106. The van der Waals surface area contributed by atoms with Crippen LogP contribution in [0.2, 0.25) is 0 Å². The van der Waals surface area contributed by atoms with Gasteiger partial charge in [0.15, 0.2) is 5.96 Å². The van der Waals surface area contributed by atoms with Gasteiger partial charge in [-0.05, 0) is 12.1 Å². The number of amides is 1. The molecule has 1 amide bonds. The maximum Gasteiger partial charge on any atom is 0.221 e. The molecule has 0 aliphatic heterocycles. The zero-order chi connectivity index (χ0) is 15.5. The van der Waals surface area contributed by atoms with Crippen LogP contribution in [-0.2, 0) is 4.79 Å². The lowest BCUT2D eigenvalue weighted by atomic mass is 10.3. The fourth-order valence-electron chi connectivity index (χ4n) is 1.59. The van der Waals surface area contributed by atoms with E-state index in [9.17, 15) is 4.79 Å². The molecule has 0 fully saturated rings. The largest absolute Gasteiger partial charge is 0.492 e. The third-order valence-electron chi connectivity index (χ3n) is 2.46. The molecule has 3 N–H and O–H groups in total. The molecule has 0 aliphatic rings. The van der Waals surface area contributed by atoms with Crippen LogP contribution in [0, 0.1) is 0 Å². The Kier molecular flexibility index (Phi) is 10.9. The summed E-state index contributed by atoms with van der Waals surface area (Å²) in [6.07, 6.45) is 1.76. The minimum Gasteiger partial charge on any atom is -0.492 e. The second kappa shape index (κ2) is 11.8. The van der Waals surface area contributed by atoms with Gasteiger partial charge in [0, 0.05) is 32.3 Å². The van der Waals surface area contributed by atoms with Crippen LogP contribution in [-0.4, -0.2) is 38.6 Å². The molecule has 0 atom stereocenters. The van der Waals surface area contributed by atoms with Crippen molar-refractivity contribution >= 4 is 41.5 Å². The molecule has 22 heavy (non-hydrogen) atoms. The molecule has 0 bridgehead atoms. The van der Waals surface area contributed by atoms with Crippen molar-refractivity contribution in [1.29, 1.82) is 0 Å². The van der Waals surface area contributed by atoms with Crippen LogP contribution >= 0.6 is 24.0 Å². The first-order valence-electron chi connectivity index (χ1n) is 6.71. The zero-order valence-electron chi connectivity index (χ0n) is 12.9. The maximum absolute atomic E-state index is 11.0. The number of aliphatic imine (C=N–C) groups is 1. The first kappa shape index (κ1) is 20.2. The number of benzene rings is 1. The average molecular weight is 418 g/mol. The lowest BCUT2D eigenvalue weighted by Gasteiger charge is -2.12. The highest BCUT2D eigenvalue weighted by molar-refractivity contribution is 14.0. The van der Waals surface area contributed by atoms with Crippen LogP contribution in [0.3, 0.4) is 0 Å². The lowest BCUT2D eigenvalue weighted by molar-refractivity contribution is -0.114. The van der Waals surface area contributed by atoms with E-state index in [1.165, 1.54) is 6.92 Å². The Balaban J connectivity index is 0.00000441. The van der Waals surface area contributed by atoms with Crippen molar-refractivity contribution in [3.63, 3.8) is 0 Å². The number of nitrogens with one attached hydrogen (secondary N) is 3. The molecule has 0 heterocycles. The smallest absolute Gasteiger partial charge is 0.221 e. The zero-order valence-corrected chi connectivity index (χ0v) is 15.2. The van der Waals surface area contributed by atoms with Gasteiger partial charge in [0.25, 0.3) is 0 Å². The van der Waals surface area contributed by atoms with Gasteiger partial charge in [-0.3, -0.25) is 9.79 Å².